The second kappa shape index (κ2) is 5.24. The number of hydrogen-bond donors (Lipinski definition) is 3. The molecule has 0 heterocycles. The summed E-state index contributed by atoms with van der Waals surface area (Å²) in [5, 5.41) is 13.9. The van der Waals surface area contributed by atoms with E-state index in [0.717, 1.165) is 0 Å². The van der Waals surface area contributed by atoms with Gasteiger partial charge in [0, 0.05) is 0 Å². The van der Waals surface area contributed by atoms with Gasteiger partial charge in [0.25, 0.3) is 10.1 Å². The number of carboxylic acid groups (broad SMARTS) is 2. The summed E-state index contributed by atoms with van der Waals surface area (Å²) in [6.07, 6.45) is -1.16. The maximum atomic E-state index is 10.2. The molecule has 3 N–H and O–H groups in total. The van der Waals surface area contributed by atoms with Crippen LogP contribution >= 0.6 is 0 Å². The Morgan fingerprint density at radius 3 is 1.77 bits per heavy atom. The molecule has 0 saturated heterocycles. The van der Waals surface area contributed by atoms with Gasteiger partial charge in [0.2, 0.25) is 0 Å². The van der Waals surface area contributed by atoms with E-state index in [2.05, 4.69) is 0 Å². The van der Waals surface area contributed by atoms with Gasteiger partial charge in [-0.15, -0.1) is 0 Å². The van der Waals surface area contributed by atoms with Crippen molar-refractivity contribution in [3.8, 4) is 0 Å². The second-order valence-corrected chi connectivity index (χ2v) is 3.54. The minimum atomic E-state index is -4.84. The molecule has 0 saturated carbocycles. The Kier molecular flexibility index (Phi) is 6.02. The van der Waals surface area contributed by atoms with E-state index >= 15 is 0 Å². The molecule has 0 aliphatic rings. The number of aliphatic carboxylic acids is 2. The third kappa shape index (κ3) is 5.65. The van der Waals surface area contributed by atoms with Crippen molar-refractivity contribution >= 4 is 22.1 Å². The van der Waals surface area contributed by atoms with Crippen LogP contribution in [0.4, 0.5) is 0 Å². The zero-order chi connectivity index (χ0) is 9.94. The molecule has 0 radical (unpaired) electrons. The average molecular weight is 206 g/mol. The van der Waals surface area contributed by atoms with E-state index in [1.165, 1.54) is 0 Å². The van der Waals surface area contributed by atoms with Crippen molar-refractivity contribution in [1.82, 2.24) is 0 Å². The van der Waals surface area contributed by atoms with E-state index in [4.69, 9.17) is 14.8 Å². The summed E-state index contributed by atoms with van der Waals surface area (Å²) >= 11 is 0. The van der Waals surface area contributed by atoms with Crippen molar-refractivity contribution in [3.05, 3.63) is 0 Å². The molecule has 0 aromatic heterocycles. The Bertz CT molecular complexity index is 299. The molecule has 0 aliphatic carbocycles. The van der Waals surface area contributed by atoms with Crippen LogP contribution in [0, 0.1) is 0 Å². The van der Waals surface area contributed by atoms with Crippen LogP contribution in [-0.4, -0.2) is 40.4 Å². The average Bonchev–Trinajstić information content (AvgIpc) is 1.79. The predicted octanol–water partition coefficient (Wildman–Crippen LogP) is -4.08. The van der Waals surface area contributed by atoms with Crippen LogP contribution < -0.4 is 18.9 Å². The van der Waals surface area contributed by atoms with Gasteiger partial charge in [-0.05, 0) is 0 Å². The minimum Gasteiger partial charge on any atom is -1.00 e. The summed E-state index contributed by atoms with van der Waals surface area (Å²) in [6.45, 7) is 0. The van der Waals surface area contributed by atoms with Gasteiger partial charge in [0.1, 0.15) is 0 Å². The van der Waals surface area contributed by atoms with Crippen LogP contribution in [0.15, 0.2) is 0 Å². The Morgan fingerprint density at radius 2 is 1.69 bits per heavy atom. The Labute approximate surface area is 87.2 Å². The van der Waals surface area contributed by atoms with Gasteiger partial charge in [-0.1, -0.05) is 0 Å². The van der Waals surface area contributed by atoms with Gasteiger partial charge < -0.3 is 11.6 Å². The largest absolute Gasteiger partial charge is 1.00 e. The van der Waals surface area contributed by atoms with Gasteiger partial charge in [0.05, 0.1) is 6.42 Å². The van der Waals surface area contributed by atoms with E-state index in [9.17, 15) is 18.0 Å². The molecule has 0 bridgehead atoms. The first-order chi connectivity index (χ1) is 5.25. The molecule has 0 aromatic rings. The van der Waals surface area contributed by atoms with Crippen molar-refractivity contribution in [2.45, 2.75) is 11.7 Å². The SMILES string of the molecule is O=C(O)CC(C(=O)O)S(=O)(=O)O.[H-].[Li+]. The zero-order valence-electron chi connectivity index (χ0n) is 7.67. The molecular weight excluding hydrogens is 199 g/mol. The van der Waals surface area contributed by atoms with E-state index in [-0.39, 0.29) is 20.3 Å². The smallest absolute Gasteiger partial charge is 1.00 e. The molecule has 1 unspecified atom stereocenters. The first-order valence-corrected chi connectivity index (χ1v) is 4.16. The molecule has 1 atom stereocenters. The quantitative estimate of drug-likeness (QED) is 0.315. The van der Waals surface area contributed by atoms with Crippen molar-refractivity contribution in [2.24, 2.45) is 0 Å². The van der Waals surface area contributed by atoms with E-state index in [1.54, 1.807) is 0 Å². The monoisotopic (exact) mass is 206 g/mol. The molecule has 72 valence electrons. The Balaban J connectivity index is -0.000000605. The van der Waals surface area contributed by atoms with Gasteiger partial charge in [-0.3, -0.25) is 14.1 Å². The fourth-order valence-electron chi connectivity index (χ4n) is 0.479. The van der Waals surface area contributed by atoms with E-state index < -0.39 is 33.7 Å². The predicted molar refractivity (Wildman–Crippen MR) is 36.3 cm³/mol. The van der Waals surface area contributed by atoms with Crippen molar-refractivity contribution < 1.29 is 53.1 Å². The molecule has 0 spiro atoms. The van der Waals surface area contributed by atoms with Gasteiger partial charge in [0.15, 0.2) is 5.25 Å². The van der Waals surface area contributed by atoms with Crippen LogP contribution in [0.2, 0.25) is 0 Å². The van der Waals surface area contributed by atoms with Gasteiger partial charge in [-0.25, -0.2) is 0 Å². The summed E-state index contributed by atoms with van der Waals surface area (Å²) < 4.78 is 28.7. The van der Waals surface area contributed by atoms with Crippen LogP contribution in [-0.2, 0) is 19.7 Å². The normalized spacial score (nSPS) is 12.7. The molecule has 9 heteroatoms. The van der Waals surface area contributed by atoms with Crippen LogP contribution in [0.25, 0.3) is 0 Å². The Hall–Kier alpha value is -0.553. The van der Waals surface area contributed by atoms with Gasteiger partial charge >= 0.3 is 30.8 Å². The summed E-state index contributed by atoms with van der Waals surface area (Å²) in [4.78, 5) is 20.0. The zero-order valence-corrected chi connectivity index (χ0v) is 7.48. The maximum Gasteiger partial charge on any atom is 1.00 e. The minimum absolute atomic E-state index is 0. The summed E-state index contributed by atoms with van der Waals surface area (Å²) in [6, 6.07) is 0. The third-order valence-corrected chi connectivity index (χ3v) is 2.08. The fraction of sp³-hybridized carbons (Fsp3) is 0.500. The Morgan fingerprint density at radius 1 is 1.31 bits per heavy atom. The first kappa shape index (κ1) is 14.9. The molecule has 13 heavy (non-hydrogen) atoms. The summed E-state index contributed by atoms with van der Waals surface area (Å²) in [5.41, 5.74) is 0. The fourth-order valence-corrected chi connectivity index (χ4v) is 1.09. The number of carbonyl (C=O) groups is 2. The van der Waals surface area contributed by atoms with Crippen LogP contribution in [0.3, 0.4) is 0 Å². The van der Waals surface area contributed by atoms with Crippen LogP contribution in [0.1, 0.15) is 7.85 Å². The number of hydrogen-bond acceptors (Lipinski definition) is 4. The van der Waals surface area contributed by atoms with Crippen molar-refractivity contribution in [2.75, 3.05) is 0 Å². The van der Waals surface area contributed by atoms with Crippen molar-refractivity contribution in [1.29, 1.82) is 0 Å². The number of rotatable bonds is 4. The summed E-state index contributed by atoms with van der Waals surface area (Å²) in [7, 11) is -4.84. The second-order valence-electron chi connectivity index (χ2n) is 1.94. The van der Waals surface area contributed by atoms with E-state index in [0.29, 0.717) is 0 Å². The molecular formula is C4H7LiO7S. The first-order valence-electron chi connectivity index (χ1n) is 2.66. The molecule has 7 nitrogen and oxygen atoms in total. The molecule has 0 rings (SSSR count). The van der Waals surface area contributed by atoms with Gasteiger partial charge in [-0.2, -0.15) is 8.42 Å². The standard InChI is InChI=1S/C4H6O7S.Li.H/c5-3(6)1-2(4(7)8)12(9,10)11;;/h2H,1H2,(H,5,6)(H,7,8)(H,9,10,11);;/q;+1;-1. The third-order valence-electron chi connectivity index (χ3n) is 0.995. The van der Waals surface area contributed by atoms with Crippen LogP contribution in [0.5, 0.6) is 0 Å². The molecule has 0 amide bonds. The molecule has 0 aromatic carbocycles. The molecule has 0 fully saturated rings. The number of carboxylic acids is 2. The topological polar surface area (TPSA) is 129 Å². The van der Waals surface area contributed by atoms with E-state index in [1.807, 2.05) is 0 Å². The maximum absolute atomic E-state index is 10.2. The molecule has 0 aliphatic heterocycles. The van der Waals surface area contributed by atoms with Crippen molar-refractivity contribution in [3.63, 3.8) is 0 Å². The summed E-state index contributed by atoms with van der Waals surface area (Å²) in [5.74, 6) is -3.50.